The molecule has 2 atom stereocenters. The predicted octanol–water partition coefficient (Wildman–Crippen LogP) is 2.25. The average Bonchev–Trinajstić information content (AvgIpc) is 2.22. The highest BCUT2D eigenvalue weighted by Crippen LogP contribution is 2.24. The van der Waals surface area contributed by atoms with Gasteiger partial charge in [-0.2, -0.15) is 0 Å². The first-order valence-corrected chi connectivity index (χ1v) is 6.68. The second-order valence-corrected chi connectivity index (χ2v) is 5.71. The maximum atomic E-state index is 3.88. The molecule has 1 heterocycles. The predicted molar refractivity (Wildman–Crippen MR) is 65.1 cm³/mol. The first-order valence-electron chi connectivity index (χ1n) is 6.68. The number of nitrogens with zero attached hydrogens (tertiary/aromatic N) is 1. The van der Waals surface area contributed by atoms with Crippen LogP contribution >= 0.6 is 0 Å². The van der Waals surface area contributed by atoms with E-state index < -0.39 is 0 Å². The van der Waals surface area contributed by atoms with Gasteiger partial charge in [-0.1, -0.05) is 19.8 Å². The summed E-state index contributed by atoms with van der Waals surface area (Å²) in [6.45, 7) is 4.96. The zero-order valence-electron chi connectivity index (χ0n) is 10.3. The Morgan fingerprint density at radius 2 is 1.73 bits per heavy atom. The van der Waals surface area contributed by atoms with Crippen molar-refractivity contribution in [3.8, 4) is 0 Å². The number of rotatable bonds is 2. The van der Waals surface area contributed by atoms with Gasteiger partial charge in [0.15, 0.2) is 0 Å². The Labute approximate surface area is 94.4 Å². The Bertz CT molecular complexity index is 185. The van der Waals surface area contributed by atoms with E-state index in [0.29, 0.717) is 0 Å². The molecule has 1 aliphatic heterocycles. The highest BCUT2D eigenvalue weighted by Gasteiger charge is 2.23. The van der Waals surface area contributed by atoms with Gasteiger partial charge in [-0.25, -0.2) is 0 Å². The fourth-order valence-corrected chi connectivity index (χ4v) is 3.09. The van der Waals surface area contributed by atoms with E-state index in [2.05, 4.69) is 24.2 Å². The first-order chi connectivity index (χ1) is 7.24. The minimum Gasteiger partial charge on any atom is -0.311 e. The molecule has 2 rings (SSSR count). The zero-order chi connectivity index (χ0) is 10.7. The lowest BCUT2D eigenvalue weighted by Crippen LogP contribution is -2.46. The summed E-state index contributed by atoms with van der Waals surface area (Å²) in [6.07, 6.45) is 8.41. The topological polar surface area (TPSA) is 15.3 Å². The summed E-state index contributed by atoms with van der Waals surface area (Å²) in [6, 6.07) is 1.62. The van der Waals surface area contributed by atoms with Crippen molar-refractivity contribution in [2.24, 2.45) is 5.92 Å². The summed E-state index contributed by atoms with van der Waals surface area (Å²) in [5.74, 6) is 0.947. The maximum absolute atomic E-state index is 3.88. The Morgan fingerprint density at radius 1 is 1.00 bits per heavy atom. The molecule has 1 aliphatic carbocycles. The van der Waals surface area contributed by atoms with E-state index in [9.17, 15) is 0 Å². The molecule has 0 aromatic heterocycles. The third-order valence-electron chi connectivity index (χ3n) is 4.13. The molecule has 1 N–H and O–H groups in total. The van der Waals surface area contributed by atoms with Crippen molar-refractivity contribution in [3.63, 3.8) is 0 Å². The summed E-state index contributed by atoms with van der Waals surface area (Å²) in [5.41, 5.74) is 0. The van der Waals surface area contributed by atoms with Crippen molar-refractivity contribution in [2.75, 3.05) is 20.1 Å². The van der Waals surface area contributed by atoms with Crippen LogP contribution in [0.5, 0.6) is 0 Å². The molecule has 2 heteroatoms. The van der Waals surface area contributed by atoms with Crippen LogP contribution in [0.15, 0.2) is 0 Å². The Kier molecular flexibility index (Phi) is 4.04. The van der Waals surface area contributed by atoms with Crippen LogP contribution in [0.25, 0.3) is 0 Å². The summed E-state index contributed by atoms with van der Waals surface area (Å²) >= 11 is 0. The van der Waals surface area contributed by atoms with Gasteiger partial charge in [0.05, 0.1) is 0 Å². The van der Waals surface area contributed by atoms with Gasteiger partial charge in [-0.15, -0.1) is 0 Å². The van der Waals surface area contributed by atoms with Gasteiger partial charge >= 0.3 is 0 Å². The van der Waals surface area contributed by atoms with Crippen LogP contribution < -0.4 is 5.32 Å². The molecule has 0 unspecified atom stereocenters. The first kappa shape index (κ1) is 11.4. The minimum atomic E-state index is 0.802. The van der Waals surface area contributed by atoms with Gasteiger partial charge in [0.2, 0.25) is 0 Å². The normalized spacial score (nSPS) is 35.6. The van der Waals surface area contributed by atoms with E-state index in [-0.39, 0.29) is 0 Å². The molecule has 0 spiro atoms. The molecule has 0 aromatic carbocycles. The molecular formula is C13H26N2. The Morgan fingerprint density at radius 3 is 2.40 bits per heavy atom. The monoisotopic (exact) mass is 210 g/mol. The SMILES string of the molecule is C[C@H]1CCC[C@H](NC2CCN(C)CC2)C1. The highest BCUT2D eigenvalue weighted by molar-refractivity contribution is 4.82. The largest absolute Gasteiger partial charge is 0.311 e. The average molecular weight is 210 g/mol. The number of hydrogen-bond donors (Lipinski definition) is 1. The fraction of sp³-hybridized carbons (Fsp3) is 1.00. The molecule has 2 fully saturated rings. The summed E-state index contributed by atoms with van der Waals surface area (Å²) < 4.78 is 0. The standard InChI is InChI=1S/C13H26N2/c1-11-4-3-5-13(10-11)14-12-6-8-15(2)9-7-12/h11-14H,3-10H2,1-2H3/t11-,13-/m0/s1. The van der Waals surface area contributed by atoms with Gasteiger partial charge in [0.25, 0.3) is 0 Å². The fourth-order valence-electron chi connectivity index (χ4n) is 3.09. The summed E-state index contributed by atoms with van der Waals surface area (Å²) in [4.78, 5) is 2.45. The molecular weight excluding hydrogens is 184 g/mol. The lowest BCUT2D eigenvalue weighted by atomic mass is 9.86. The van der Waals surface area contributed by atoms with Crippen LogP contribution in [0, 0.1) is 5.92 Å². The van der Waals surface area contributed by atoms with Crippen molar-refractivity contribution in [1.29, 1.82) is 0 Å². The van der Waals surface area contributed by atoms with Crippen LogP contribution in [0.2, 0.25) is 0 Å². The molecule has 0 radical (unpaired) electrons. The molecule has 1 saturated heterocycles. The minimum absolute atomic E-state index is 0.802. The van der Waals surface area contributed by atoms with Crippen molar-refractivity contribution < 1.29 is 0 Å². The number of piperidine rings is 1. The van der Waals surface area contributed by atoms with Gasteiger partial charge < -0.3 is 10.2 Å². The lowest BCUT2D eigenvalue weighted by Gasteiger charge is -2.35. The van der Waals surface area contributed by atoms with Gasteiger partial charge in [0.1, 0.15) is 0 Å². The van der Waals surface area contributed by atoms with Gasteiger partial charge in [0, 0.05) is 12.1 Å². The summed E-state index contributed by atoms with van der Waals surface area (Å²) in [7, 11) is 2.24. The van der Waals surface area contributed by atoms with E-state index >= 15 is 0 Å². The van der Waals surface area contributed by atoms with Crippen LogP contribution in [0.1, 0.15) is 45.4 Å². The van der Waals surface area contributed by atoms with Crippen LogP contribution in [-0.2, 0) is 0 Å². The Hall–Kier alpha value is -0.0800. The molecule has 0 bridgehead atoms. The Balaban J connectivity index is 1.71. The quantitative estimate of drug-likeness (QED) is 0.752. The van der Waals surface area contributed by atoms with Crippen molar-refractivity contribution in [2.45, 2.75) is 57.5 Å². The molecule has 1 saturated carbocycles. The third-order valence-corrected chi connectivity index (χ3v) is 4.13. The molecule has 0 aromatic rings. The van der Waals surface area contributed by atoms with Crippen LogP contribution in [0.4, 0.5) is 0 Å². The van der Waals surface area contributed by atoms with Crippen LogP contribution in [-0.4, -0.2) is 37.1 Å². The maximum Gasteiger partial charge on any atom is 0.00939 e. The van der Waals surface area contributed by atoms with Gasteiger partial charge in [-0.05, 0) is 51.7 Å². The van der Waals surface area contributed by atoms with E-state index in [0.717, 1.165) is 18.0 Å². The number of hydrogen-bond acceptors (Lipinski definition) is 2. The van der Waals surface area contributed by atoms with E-state index in [1.807, 2.05) is 0 Å². The van der Waals surface area contributed by atoms with Crippen molar-refractivity contribution in [3.05, 3.63) is 0 Å². The second-order valence-electron chi connectivity index (χ2n) is 5.71. The highest BCUT2D eigenvalue weighted by atomic mass is 15.1. The van der Waals surface area contributed by atoms with Crippen LogP contribution in [0.3, 0.4) is 0 Å². The second kappa shape index (κ2) is 5.31. The third kappa shape index (κ3) is 3.46. The number of nitrogens with one attached hydrogen (secondary N) is 1. The molecule has 88 valence electrons. The molecule has 15 heavy (non-hydrogen) atoms. The van der Waals surface area contributed by atoms with Crippen molar-refractivity contribution >= 4 is 0 Å². The summed E-state index contributed by atoms with van der Waals surface area (Å²) in [5, 5.41) is 3.88. The molecule has 2 nitrogen and oxygen atoms in total. The molecule has 2 aliphatic rings. The zero-order valence-corrected chi connectivity index (χ0v) is 10.3. The van der Waals surface area contributed by atoms with Crippen molar-refractivity contribution in [1.82, 2.24) is 10.2 Å². The lowest BCUT2D eigenvalue weighted by molar-refractivity contribution is 0.203. The van der Waals surface area contributed by atoms with E-state index in [1.54, 1.807) is 0 Å². The van der Waals surface area contributed by atoms with E-state index in [4.69, 9.17) is 0 Å². The smallest absolute Gasteiger partial charge is 0.00939 e. The molecule has 0 amide bonds. The van der Waals surface area contributed by atoms with E-state index in [1.165, 1.54) is 51.6 Å². The van der Waals surface area contributed by atoms with Gasteiger partial charge in [-0.3, -0.25) is 0 Å². The number of likely N-dealkylation sites (tertiary alicyclic amines) is 1.